The number of carboxylic acid groups (broad SMARTS) is 1. The molecule has 0 spiro atoms. The molecule has 10 heteroatoms. The van der Waals surface area contributed by atoms with Crippen LogP contribution in [0.2, 0.25) is 0 Å². The van der Waals surface area contributed by atoms with E-state index in [1.165, 1.54) is 6.33 Å². The highest BCUT2D eigenvalue weighted by molar-refractivity contribution is 7.18. The van der Waals surface area contributed by atoms with Crippen molar-refractivity contribution >= 4 is 45.2 Å². The van der Waals surface area contributed by atoms with Crippen LogP contribution in [0.4, 0.5) is 16.4 Å². The third kappa shape index (κ3) is 4.97. The van der Waals surface area contributed by atoms with E-state index < -0.39 is 12.0 Å². The van der Waals surface area contributed by atoms with Crippen molar-refractivity contribution in [1.82, 2.24) is 19.9 Å². The summed E-state index contributed by atoms with van der Waals surface area (Å²) in [6.45, 7) is 0. The molecule has 0 aliphatic heterocycles. The Hall–Kier alpha value is -4.70. The third-order valence-corrected chi connectivity index (χ3v) is 6.16. The first-order chi connectivity index (χ1) is 17.1. The number of hydrogen-bond donors (Lipinski definition) is 3. The van der Waals surface area contributed by atoms with Crippen LogP contribution in [0.15, 0.2) is 78.7 Å². The normalized spacial score (nSPS) is 10.7. The number of hydrogen-bond acceptors (Lipinski definition) is 7. The summed E-state index contributed by atoms with van der Waals surface area (Å²) < 4.78 is 0.941. The summed E-state index contributed by atoms with van der Waals surface area (Å²) in [5, 5.41) is 16.3. The number of nitrogens with zero attached hydrogens (tertiary/aromatic N) is 4. The van der Waals surface area contributed by atoms with Crippen molar-refractivity contribution in [1.29, 1.82) is 0 Å². The molecule has 0 fully saturated rings. The second-order valence-corrected chi connectivity index (χ2v) is 8.43. The number of anilines is 2. The Kier molecular flexibility index (Phi) is 6.10. The first-order valence-electron chi connectivity index (χ1n) is 10.6. The maximum atomic E-state index is 12.2. The maximum absolute atomic E-state index is 12.2. The molecule has 0 aliphatic carbocycles. The molecule has 0 saturated carbocycles. The van der Waals surface area contributed by atoms with Gasteiger partial charge in [0, 0.05) is 34.6 Å². The molecule has 0 unspecified atom stereocenters. The summed E-state index contributed by atoms with van der Waals surface area (Å²) in [6, 6.07) is 16.1. The molecule has 0 saturated heterocycles. The first kappa shape index (κ1) is 22.1. The number of aromatic nitrogens is 4. The number of carboxylic acids is 1. The van der Waals surface area contributed by atoms with E-state index in [0.29, 0.717) is 5.69 Å². The van der Waals surface area contributed by atoms with Crippen LogP contribution in [-0.4, -0.2) is 37.0 Å². The Balaban J connectivity index is 1.36. The van der Waals surface area contributed by atoms with Gasteiger partial charge in [0.25, 0.3) is 0 Å². The van der Waals surface area contributed by atoms with Gasteiger partial charge < -0.3 is 10.4 Å². The minimum atomic E-state index is -0.858. The lowest BCUT2D eigenvalue weighted by Crippen LogP contribution is -2.20. The number of benzene rings is 2. The van der Waals surface area contributed by atoms with Gasteiger partial charge in [-0.25, -0.2) is 24.7 Å². The molecule has 5 aromatic rings. The number of fused-ring (bicyclic) bond motifs is 1. The van der Waals surface area contributed by atoms with Crippen LogP contribution in [-0.2, 0) is 11.2 Å². The zero-order valence-corrected chi connectivity index (χ0v) is 19.0. The van der Waals surface area contributed by atoms with E-state index in [1.54, 1.807) is 41.9 Å². The molecule has 172 valence electrons. The Morgan fingerprint density at radius 3 is 2.29 bits per heavy atom. The molecule has 9 nitrogen and oxygen atoms in total. The smallest absolute Gasteiger partial charge is 0.326 e. The van der Waals surface area contributed by atoms with Gasteiger partial charge in [0.1, 0.15) is 6.33 Å². The van der Waals surface area contributed by atoms with Crippen molar-refractivity contribution in [2.24, 2.45) is 0 Å². The Morgan fingerprint density at radius 1 is 0.857 bits per heavy atom. The van der Waals surface area contributed by atoms with E-state index in [0.717, 1.165) is 38.2 Å². The molecule has 2 aromatic carbocycles. The highest BCUT2D eigenvalue weighted by Gasteiger charge is 2.14. The molecule has 3 heterocycles. The highest BCUT2D eigenvalue weighted by Crippen LogP contribution is 2.37. The monoisotopic (exact) mass is 482 g/mol. The molecule has 0 radical (unpaired) electrons. The van der Waals surface area contributed by atoms with Crippen molar-refractivity contribution in [2.75, 3.05) is 10.6 Å². The van der Waals surface area contributed by atoms with E-state index in [9.17, 15) is 9.59 Å². The lowest BCUT2D eigenvalue weighted by atomic mass is 10.0. The standard InChI is InChI=1S/C25H18N6O3S/c32-20(33)12-15-2-4-16(5-3-15)19-13-35-23-21(28-14-29-22(19)23)17-6-8-18(9-7-17)30-25(34)31-24-26-10-1-11-27-24/h1-11,13-14H,12H2,(H,32,33)(H2,26,27,30,31,34). The molecule has 5 rings (SSSR count). The number of carbonyl (C=O) groups excluding carboxylic acids is 1. The summed E-state index contributed by atoms with van der Waals surface area (Å²) >= 11 is 1.55. The lowest BCUT2D eigenvalue weighted by molar-refractivity contribution is -0.136. The van der Waals surface area contributed by atoms with Crippen LogP contribution in [0.3, 0.4) is 0 Å². The average molecular weight is 483 g/mol. The zero-order valence-electron chi connectivity index (χ0n) is 18.2. The summed E-state index contributed by atoms with van der Waals surface area (Å²) in [7, 11) is 0. The lowest BCUT2D eigenvalue weighted by Gasteiger charge is -2.08. The summed E-state index contributed by atoms with van der Waals surface area (Å²) in [4.78, 5) is 40.0. The largest absolute Gasteiger partial charge is 0.481 e. The van der Waals surface area contributed by atoms with Crippen molar-refractivity contribution in [3.05, 3.63) is 84.3 Å². The second-order valence-electron chi connectivity index (χ2n) is 7.55. The molecular weight excluding hydrogens is 464 g/mol. The molecule has 35 heavy (non-hydrogen) atoms. The fourth-order valence-electron chi connectivity index (χ4n) is 3.58. The quantitative estimate of drug-likeness (QED) is 0.307. The molecule has 0 bridgehead atoms. The molecule has 3 aromatic heterocycles. The number of carbonyl (C=O) groups is 2. The Morgan fingerprint density at radius 2 is 1.57 bits per heavy atom. The van der Waals surface area contributed by atoms with Crippen LogP contribution in [0.25, 0.3) is 32.6 Å². The van der Waals surface area contributed by atoms with Gasteiger partial charge in [0.15, 0.2) is 0 Å². The van der Waals surface area contributed by atoms with Gasteiger partial charge in [-0.3, -0.25) is 10.1 Å². The van der Waals surface area contributed by atoms with E-state index in [1.807, 2.05) is 41.8 Å². The topological polar surface area (TPSA) is 130 Å². The van der Waals surface area contributed by atoms with Gasteiger partial charge in [-0.05, 0) is 29.3 Å². The van der Waals surface area contributed by atoms with Gasteiger partial charge in [0.2, 0.25) is 5.95 Å². The first-order valence-corrected chi connectivity index (χ1v) is 11.4. The summed E-state index contributed by atoms with van der Waals surface area (Å²) in [6.07, 6.45) is 4.62. The van der Waals surface area contributed by atoms with Gasteiger partial charge in [0.05, 0.1) is 22.3 Å². The zero-order chi connectivity index (χ0) is 24.2. The summed E-state index contributed by atoms with van der Waals surface area (Å²) in [5.74, 6) is -0.641. The van der Waals surface area contributed by atoms with Crippen molar-refractivity contribution in [3.63, 3.8) is 0 Å². The van der Waals surface area contributed by atoms with E-state index >= 15 is 0 Å². The van der Waals surface area contributed by atoms with E-state index in [4.69, 9.17) is 5.11 Å². The average Bonchev–Trinajstić information content (AvgIpc) is 3.30. The van der Waals surface area contributed by atoms with Crippen LogP contribution in [0.5, 0.6) is 0 Å². The predicted molar refractivity (Wildman–Crippen MR) is 134 cm³/mol. The van der Waals surface area contributed by atoms with Crippen molar-refractivity contribution < 1.29 is 14.7 Å². The highest BCUT2D eigenvalue weighted by atomic mass is 32.1. The van der Waals surface area contributed by atoms with E-state index in [-0.39, 0.29) is 12.4 Å². The number of rotatable bonds is 6. The SMILES string of the molecule is O=C(O)Cc1ccc(-c2csc3c(-c4ccc(NC(=O)Nc5ncccn5)cc4)ncnc23)cc1. The number of nitrogens with one attached hydrogen (secondary N) is 2. The number of urea groups is 1. The second kappa shape index (κ2) is 9.65. The van der Waals surface area contributed by atoms with Crippen LogP contribution in [0.1, 0.15) is 5.56 Å². The summed E-state index contributed by atoms with van der Waals surface area (Å²) in [5.41, 5.74) is 5.80. The van der Waals surface area contributed by atoms with Crippen molar-refractivity contribution in [3.8, 4) is 22.4 Å². The fraction of sp³-hybridized carbons (Fsp3) is 0.0400. The maximum Gasteiger partial charge on any atom is 0.326 e. The number of amides is 2. The third-order valence-electron chi connectivity index (χ3n) is 5.18. The Labute approximate surface area is 203 Å². The molecule has 3 N–H and O–H groups in total. The molecule has 2 amide bonds. The molecule has 0 atom stereocenters. The molecular formula is C25H18N6O3S. The van der Waals surface area contributed by atoms with Crippen molar-refractivity contribution in [2.45, 2.75) is 6.42 Å². The van der Waals surface area contributed by atoms with Gasteiger partial charge in [-0.2, -0.15) is 0 Å². The predicted octanol–water partition coefficient (Wildman–Crippen LogP) is 5.09. The van der Waals surface area contributed by atoms with Crippen LogP contribution >= 0.6 is 11.3 Å². The molecule has 0 aliphatic rings. The minimum Gasteiger partial charge on any atom is -0.481 e. The van der Waals surface area contributed by atoms with Crippen LogP contribution in [0, 0.1) is 0 Å². The van der Waals surface area contributed by atoms with Gasteiger partial charge >= 0.3 is 12.0 Å². The van der Waals surface area contributed by atoms with E-state index in [2.05, 4.69) is 30.6 Å². The van der Waals surface area contributed by atoms with Gasteiger partial charge in [-0.15, -0.1) is 11.3 Å². The number of thiophene rings is 1. The fourth-order valence-corrected chi connectivity index (χ4v) is 4.62. The Bertz CT molecular complexity index is 1500. The number of aliphatic carboxylic acids is 1. The van der Waals surface area contributed by atoms with Crippen LogP contribution < -0.4 is 10.6 Å². The minimum absolute atomic E-state index is 0.0104. The van der Waals surface area contributed by atoms with Gasteiger partial charge in [-0.1, -0.05) is 36.4 Å².